The van der Waals surface area contributed by atoms with Crippen molar-refractivity contribution in [1.82, 2.24) is 0 Å². The van der Waals surface area contributed by atoms with Crippen molar-refractivity contribution in [2.24, 2.45) is 0 Å². The molecule has 0 saturated carbocycles. The molecule has 5 heteroatoms. The Hall–Kier alpha value is -3.05. The van der Waals surface area contributed by atoms with Crippen LogP contribution in [-0.2, 0) is 16.0 Å². The highest BCUT2D eigenvalue weighted by molar-refractivity contribution is 8.00. The minimum atomic E-state index is -0.181. The van der Waals surface area contributed by atoms with Crippen molar-refractivity contribution < 1.29 is 9.59 Å². The zero-order chi connectivity index (χ0) is 22.5. The maximum atomic E-state index is 12.9. The number of nitrogens with zero attached hydrogens (tertiary/aromatic N) is 1. The summed E-state index contributed by atoms with van der Waals surface area (Å²) < 4.78 is 0. The third-order valence-corrected chi connectivity index (χ3v) is 7.10. The molecule has 4 nitrogen and oxygen atoms in total. The molecule has 2 atom stereocenters. The molecule has 1 aliphatic heterocycles. The minimum Gasteiger partial charge on any atom is -0.326 e. The summed E-state index contributed by atoms with van der Waals surface area (Å²) in [7, 11) is 0. The second kappa shape index (κ2) is 10.0. The Morgan fingerprint density at radius 3 is 2.38 bits per heavy atom. The summed E-state index contributed by atoms with van der Waals surface area (Å²) in [5, 5.41) is 2.99. The molecule has 32 heavy (non-hydrogen) atoms. The van der Waals surface area contributed by atoms with E-state index in [4.69, 9.17) is 0 Å². The predicted octanol–water partition coefficient (Wildman–Crippen LogP) is 6.16. The minimum absolute atomic E-state index is 0.00429. The van der Waals surface area contributed by atoms with E-state index in [2.05, 4.69) is 18.3 Å². The van der Waals surface area contributed by atoms with Gasteiger partial charge in [-0.05, 0) is 47.7 Å². The van der Waals surface area contributed by atoms with E-state index in [0.29, 0.717) is 5.75 Å². The van der Waals surface area contributed by atoms with Gasteiger partial charge in [-0.15, -0.1) is 11.8 Å². The number of hydrogen-bond donors (Lipinski definition) is 1. The maximum absolute atomic E-state index is 12.9. The molecule has 1 fully saturated rings. The first kappa shape index (κ1) is 22.2. The van der Waals surface area contributed by atoms with Gasteiger partial charge in [0.15, 0.2) is 0 Å². The number of amides is 2. The van der Waals surface area contributed by atoms with E-state index in [1.807, 2.05) is 84.6 Å². The van der Waals surface area contributed by atoms with Crippen molar-refractivity contribution >= 4 is 35.0 Å². The Bertz CT molecular complexity index is 1080. The monoisotopic (exact) mass is 444 g/mol. The van der Waals surface area contributed by atoms with Crippen molar-refractivity contribution in [1.29, 1.82) is 0 Å². The van der Waals surface area contributed by atoms with Gasteiger partial charge in [-0.25, -0.2) is 0 Å². The largest absolute Gasteiger partial charge is 0.326 e. The van der Waals surface area contributed by atoms with Gasteiger partial charge in [0.1, 0.15) is 5.37 Å². The van der Waals surface area contributed by atoms with Crippen LogP contribution in [0.2, 0.25) is 0 Å². The quantitative estimate of drug-likeness (QED) is 0.475. The van der Waals surface area contributed by atoms with E-state index >= 15 is 0 Å². The van der Waals surface area contributed by atoms with Crippen molar-refractivity contribution in [3.05, 3.63) is 95.6 Å². The van der Waals surface area contributed by atoms with Crippen LogP contribution in [0.4, 0.5) is 11.4 Å². The number of hydrogen-bond acceptors (Lipinski definition) is 3. The number of thioether (sulfide) groups is 1. The summed E-state index contributed by atoms with van der Waals surface area (Å²) in [6.45, 7) is 4.13. The molecule has 1 heterocycles. The molecule has 0 aromatic heterocycles. The van der Waals surface area contributed by atoms with Gasteiger partial charge in [-0.3, -0.25) is 14.5 Å². The summed E-state index contributed by atoms with van der Waals surface area (Å²) in [6.07, 6.45) is 1.61. The van der Waals surface area contributed by atoms with Crippen LogP contribution in [0.15, 0.2) is 78.9 Å². The summed E-state index contributed by atoms with van der Waals surface area (Å²) >= 11 is 1.64. The highest BCUT2D eigenvalue weighted by Gasteiger charge is 2.34. The molecule has 3 aromatic carbocycles. The molecule has 0 bridgehead atoms. The molecular weight excluding hydrogens is 416 g/mol. The Morgan fingerprint density at radius 2 is 1.69 bits per heavy atom. The molecule has 4 rings (SSSR count). The van der Waals surface area contributed by atoms with Crippen LogP contribution in [0, 0.1) is 0 Å². The SMILES string of the molecule is CCc1ccccc1N1C(=O)CS[C@@H]1c1ccc(NC(=O)[C@@H](CC)c2ccccc2)cc1. The average Bonchev–Trinajstić information content (AvgIpc) is 3.21. The van der Waals surface area contributed by atoms with Crippen LogP contribution in [0.1, 0.15) is 48.3 Å². The first-order valence-corrected chi connectivity index (χ1v) is 12.1. The Balaban J connectivity index is 1.52. The average molecular weight is 445 g/mol. The van der Waals surface area contributed by atoms with Gasteiger partial charge < -0.3 is 5.32 Å². The van der Waals surface area contributed by atoms with Crippen LogP contribution < -0.4 is 10.2 Å². The Kier molecular flexibility index (Phi) is 6.96. The topological polar surface area (TPSA) is 49.4 Å². The van der Waals surface area contributed by atoms with Gasteiger partial charge in [0.05, 0.1) is 11.7 Å². The Labute approximate surface area is 194 Å². The summed E-state index contributed by atoms with van der Waals surface area (Å²) in [6, 6.07) is 25.9. The van der Waals surface area contributed by atoms with Crippen molar-refractivity contribution in [3.63, 3.8) is 0 Å². The van der Waals surface area contributed by atoms with E-state index in [9.17, 15) is 9.59 Å². The molecule has 0 unspecified atom stereocenters. The van der Waals surface area contributed by atoms with Crippen LogP contribution in [0.25, 0.3) is 0 Å². The van der Waals surface area contributed by atoms with Gasteiger partial charge in [-0.1, -0.05) is 74.5 Å². The van der Waals surface area contributed by atoms with E-state index in [0.717, 1.165) is 35.3 Å². The first-order valence-electron chi connectivity index (χ1n) is 11.1. The summed E-state index contributed by atoms with van der Waals surface area (Å²) in [5.41, 5.74) is 5.00. The maximum Gasteiger partial charge on any atom is 0.238 e. The highest BCUT2D eigenvalue weighted by atomic mass is 32.2. The lowest BCUT2D eigenvalue weighted by atomic mass is 9.95. The number of rotatable bonds is 7. The van der Waals surface area contributed by atoms with Crippen LogP contribution in [0.5, 0.6) is 0 Å². The zero-order valence-corrected chi connectivity index (χ0v) is 19.3. The van der Waals surface area contributed by atoms with Gasteiger partial charge in [-0.2, -0.15) is 0 Å². The van der Waals surface area contributed by atoms with Gasteiger partial charge >= 0.3 is 0 Å². The van der Waals surface area contributed by atoms with E-state index < -0.39 is 0 Å². The number of benzene rings is 3. The third kappa shape index (κ3) is 4.58. The van der Waals surface area contributed by atoms with E-state index in [1.165, 1.54) is 5.56 Å². The van der Waals surface area contributed by atoms with E-state index in [1.54, 1.807) is 11.8 Å². The van der Waals surface area contributed by atoms with E-state index in [-0.39, 0.29) is 23.1 Å². The molecule has 0 spiro atoms. The van der Waals surface area contributed by atoms with Gasteiger partial charge in [0, 0.05) is 11.4 Å². The predicted molar refractivity (Wildman–Crippen MR) is 133 cm³/mol. The number of para-hydroxylation sites is 1. The normalized spacial score (nSPS) is 16.8. The molecule has 3 aromatic rings. The molecule has 1 saturated heterocycles. The number of carbonyl (C=O) groups is 2. The second-order valence-electron chi connectivity index (χ2n) is 7.89. The van der Waals surface area contributed by atoms with Crippen molar-refractivity contribution in [2.75, 3.05) is 16.0 Å². The molecule has 2 amide bonds. The van der Waals surface area contributed by atoms with Gasteiger partial charge in [0.2, 0.25) is 11.8 Å². The Morgan fingerprint density at radius 1 is 1.00 bits per heavy atom. The first-order chi connectivity index (χ1) is 15.6. The second-order valence-corrected chi connectivity index (χ2v) is 8.96. The fourth-order valence-electron chi connectivity index (χ4n) is 4.19. The summed E-state index contributed by atoms with van der Waals surface area (Å²) in [4.78, 5) is 27.5. The standard InChI is InChI=1S/C27H28N2O2S/c1-3-19-10-8-9-13-24(19)29-25(30)18-32-27(29)21-14-16-22(17-15-21)28-26(31)23(4-2)20-11-6-5-7-12-20/h5-17,23,27H,3-4,18H2,1-2H3,(H,28,31)/t23-,27+/m0/s1. The lowest BCUT2D eigenvalue weighted by Gasteiger charge is -2.26. The fraction of sp³-hybridized carbons (Fsp3) is 0.259. The summed E-state index contributed by atoms with van der Waals surface area (Å²) in [5.74, 6) is 0.415. The number of aryl methyl sites for hydroxylation is 1. The molecule has 1 N–H and O–H groups in total. The zero-order valence-electron chi connectivity index (χ0n) is 18.5. The van der Waals surface area contributed by atoms with Crippen LogP contribution in [-0.4, -0.2) is 17.6 Å². The lowest BCUT2D eigenvalue weighted by Crippen LogP contribution is -2.28. The van der Waals surface area contributed by atoms with Crippen molar-refractivity contribution in [3.8, 4) is 0 Å². The van der Waals surface area contributed by atoms with Crippen molar-refractivity contribution in [2.45, 2.75) is 38.0 Å². The van der Waals surface area contributed by atoms with Gasteiger partial charge in [0.25, 0.3) is 0 Å². The lowest BCUT2D eigenvalue weighted by molar-refractivity contribution is -0.118. The number of nitrogens with one attached hydrogen (secondary N) is 1. The molecule has 0 radical (unpaired) electrons. The van der Waals surface area contributed by atoms with Crippen LogP contribution >= 0.6 is 11.8 Å². The fourth-order valence-corrected chi connectivity index (χ4v) is 5.36. The molecule has 0 aliphatic carbocycles. The highest BCUT2D eigenvalue weighted by Crippen LogP contribution is 2.43. The third-order valence-electron chi connectivity index (χ3n) is 5.89. The molecular formula is C27H28N2O2S. The molecule has 1 aliphatic rings. The smallest absolute Gasteiger partial charge is 0.238 e. The van der Waals surface area contributed by atoms with Crippen LogP contribution in [0.3, 0.4) is 0 Å². The number of anilines is 2. The number of carbonyl (C=O) groups excluding carboxylic acids is 2. The molecule has 164 valence electrons.